The summed E-state index contributed by atoms with van der Waals surface area (Å²) in [6, 6.07) is -3.67. The molecule has 0 aliphatic rings. The van der Waals surface area contributed by atoms with Gasteiger partial charge in [0.25, 0.3) is 0 Å². The zero-order chi connectivity index (χ0) is 25.0. The van der Waals surface area contributed by atoms with Crippen LogP contribution in [0.3, 0.4) is 0 Å². The fourth-order valence-electron chi connectivity index (χ4n) is 2.67. The Kier molecular flexibility index (Phi) is 11.0. The van der Waals surface area contributed by atoms with Crippen LogP contribution in [0.2, 0.25) is 0 Å². The molecule has 0 saturated carbocycles. The zero-order valence-corrected chi connectivity index (χ0v) is 17.7. The van der Waals surface area contributed by atoms with Gasteiger partial charge in [-0.3, -0.25) is 28.8 Å². The lowest BCUT2D eigenvalue weighted by Gasteiger charge is -2.23. The molecule has 0 spiro atoms. The number of carbonyl (C=O) groups is 6. The minimum atomic E-state index is -1.32. The fourth-order valence-corrected chi connectivity index (χ4v) is 2.67. The number of H-pyrrole nitrogens is 1. The van der Waals surface area contributed by atoms with Gasteiger partial charge in [-0.2, -0.15) is 0 Å². The molecule has 0 bridgehead atoms. The molecule has 0 radical (unpaired) electrons. The van der Waals surface area contributed by atoms with Gasteiger partial charge >= 0.3 is 5.97 Å². The van der Waals surface area contributed by atoms with Crippen LogP contribution in [-0.4, -0.2) is 75.2 Å². The number of aromatic nitrogens is 2. The van der Waals surface area contributed by atoms with Gasteiger partial charge in [-0.05, 0) is 12.8 Å². The third-order valence-corrected chi connectivity index (χ3v) is 4.37. The molecule has 0 aromatic carbocycles. The summed E-state index contributed by atoms with van der Waals surface area (Å²) in [7, 11) is 0. The number of nitrogens with one attached hydrogen (secondary N) is 4. The topological polar surface area (TPSA) is 265 Å². The average Bonchev–Trinajstić information content (AvgIpc) is 3.24. The lowest BCUT2D eigenvalue weighted by molar-refractivity contribution is -0.138. The summed E-state index contributed by atoms with van der Waals surface area (Å²) in [6.45, 7) is -0.716. The van der Waals surface area contributed by atoms with Gasteiger partial charge in [0.2, 0.25) is 29.5 Å². The Labute approximate surface area is 188 Å². The first-order chi connectivity index (χ1) is 15.5. The molecule has 11 N–H and O–H groups in total. The molecule has 0 aliphatic carbocycles. The summed E-state index contributed by atoms with van der Waals surface area (Å²) in [5, 5.41) is 15.5. The first-order valence-electron chi connectivity index (χ1n) is 9.89. The van der Waals surface area contributed by atoms with Crippen molar-refractivity contribution in [2.75, 3.05) is 6.54 Å². The lowest BCUT2D eigenvalue weighted by atomic mass is 10.1. The van der Waals surface area contributed by atoms with Crippen molar-refractivity contribution in [1.82, 2.24) is 25.9 Å². The second-order valence-electron chi connectivity index (χ2n) is 7.13. The number of aliphatic carboxylic acids is 1. The molecule has 3 atom stereocenters. The predicted octanol–water partition coefficient (Wildman–Crippen LogP) is -4.02. The molecule has 5 amide bonds. The third kappa shape index (κ3) is 10.7. The second-order valence-corrected chi connectivity index (χ2v) is 7.13. The molecule has 1 aromatic rings. The van der Waals surface area contributed by atoms with Gasteiger partial charge in [-0.15, -0.1) is 0 Å². The Hall–Kier alpha value is -4.01. The SMILES string of the molecule is NC(=O)CCC(NC(=O)C(N)Cc1cnc[nH]1)C(=O)NC(CCC(N)=O)C(=O)NCC(=O)O. The number of carboxylic acids is 1. The van der Waals surface area contributed by atoms with Crippen molar-refractivity contribution in [2.45, 2.75) is 50.2 Å². The minimum Gasteiger partial charge on any atom is -0.480 e. The minimum absolute atomic E-state index is 0.0921. The molecule has 1 aromatic heterocycles. The van der Waals surface area contributed by atoms with E-state index in [0.29, 0.717) is 5.69 Å². The average molecular weight is 468 g/mol. The Balaban J connectivity index is 2.89. The van der Waals surface area contributed by atoms with Crippen molar-refractivity contribution in [3.8, 4) is 0 Å². The number of carbonyl (C=O) groups excluding carboxylic acids is 5. The first-order valence-corrected chi connectivity index (χ1v) is 9.89. The normalized spacial score (nSPS) is 13.2. The van der Waals surface area contributed by atoms with Crippen molar-refractivity contribution < 1.29 is 33.9 Å². The molecule has 0 aliphatic heterocycles. The highest BCUT2D eigenvalue weighted by molar-refractivity contribution is 5.94. The lowest BCUT2D eigenvalue weighted by Crippen LogP contribution is -2.56. The van der Waals surface area contributed by atoms with Crippen LogP contribution >= 0.6 is 0 Å². The van der Waals surface area contributed by atoms with Crippen LogP contribution in [0, 0.1) is 0 Å². The van der Waals surface area contributed by atoms with Gasteiger partial charge in [-0.1, -0.05) is 0 Å². The summed E-state index contributed by atoms with van der Waals surface area (Å²) in [5.74, 6) is -5.24. The fraction of sp³-hybridized carbons (Fsp3) is 0.500. The number of carboxylic acid groups (broad SMARTS) is 1. The Morgan fingerprint density at radius 1 is 0.939 bits per heavy atom. The van der Waals surface area contributed by atoms with E-state index >= 15 is 0 Å². The molecule has 33 heavy (non-hydrogen) atoms. The van der Waals surface area contributed by atoms with E-state index in [4.69, 9.17) is 22.3 Å². The van der Waals surface area contributed by atoms with Gasteiger partial charge in [0.15, 0.2) is 0 Å². The Morgan fingerprint density at radius 3 is 1.97 bits per heavy atom. The molecular formula is C18H28N8O7. The number of hydrogen-bond donors (Lipinski definition) is 8. The smallest absolute Gasteiger partial charge is 0.322 e. The molecule has 182 valence electrons. The van der Waals surface area contributed by atoms with Crippen LogP contribution in [0.25, 0.3) is 0 Å². The number of rotatable bonds is 15. The van der Waals surface area contributed by atoms with E-state index in [2.05, 4.69) is 25.9 Å². The highest BCUT2D eigenvalue weighted by Gasteiger charge is 2.29. The summed E-state index contributed by atoms with van der Waals surface area (Å²) < 4.78 is 0. The Morgan fingerprint density at radius 2 is 1.48 bits per heavy atom. The quantitative estimate of drug-likeness (QED) is 0.124. The number of nitrogens with zero attached hydrogens (tertiary/aromatic N) is 1. The number of aromatic amines is 1. The molecule has 15 heteroatoms. The highest BCUT2D eigenvalue weighted by atomic mass is 16.4. The number of hydrogen-bond acceptors (Lipinski definition) is 8. The maximum atomic E-state index is 12.8. The summed E-state index contributed by atoms with van der Waals surface area (Å²) in [6.07, 6.45) is 2.03. The van der Waals surface area contributed by atoms with Gasteiger partial charge in [0, 0.05) is 31.2 Å². The van der Waals surface area contributed by atoms with Crippen LogP contribution < -0.4 is 33.2 Å². The van der Waals surface area contributed by atoms with E-state index < -0.39 is 60.2 Å². The highest BCUT2D eigenvalue weighted by Crippen LogP contribution is 2.04. The third-order valence-electron chi connectivity index (χ3n) is 4.37. The van der Waals surface area contributed by atoms with Gasteiger partial charge in [0.1, 0.15) is 18.6 Å². The Bertz CT molecular complexity index is 858. The number of amides is 5. The molecule has 1 heterocycles. The predicted molar refractivity (Wildman–Crippen MR) is 112 cm³/mol. The van der Waals surface area contributed by atoms with E-state index in [1.807, 2.05) is 0 Å². The summed E-state index contributed by atoms with van der Waals surface area (Å²) in [4.78, 5) is 77.1. The van der Waals surface area contributed by atoms with Gasteiger partial charge in [-0.25, -0.2) is 4.98 Å². The van der Waals surface area contributed by atoms with Crippen molar-refractivity contribution >= 4 is 35.5 Å². The van der Waals surface area contributed by atoms with Crippen LogP contribution in [0.1, 0.15) is 31.4 Å². The maximum absolute atomic E-state index is 12.8. The molecular weight excluding hydrogens is 440 g/mol. The summed E-state index contributed by atoms with van der Waals surface area (Å²) >= 11 is 0. The van der Waals surface area contributed by atoms with Crippen LogP contribution in [0.5, 0.6) is 0 Å². The number of imidazole rings is 1. The van der Waals surface area contributed by atoms with E-state index in [9.17, 15) is 28.8 Å². The van der Waals surface area contributed by atoms with Crippen molar-refractivity contribution in [3.63, 3.8) is 0 Å². The molecule has 15 nitrogen and oxygen atoms in total. The van der Waals surface area contributed by atoms with Crippen molar-refractivity contribution in [2.24, 2.45) is 17.2 Å². The van der Waals surface area contributed by atoms with Crippen LogP contribution in [0.4, 0.5) is 0 Å². The van der Waals surface area contributed by atoms with E-state index in [1.165, 1.54) is 12.5 Å². The largest absolute Gasteiger partial charge is 0.480 e. The van der Waals surface area contributed by atoms with Gasteiger partial charge < -0.3 is 43.2 Å². The van der Waals surface area contributed by atoms with Crippen molar-refractivity contribution in [3.05, 3.63) is 18.2 Å². The van der Waals surface area contributed by atoms with Crippen molar-refractivity contribution in [1.29, 1.82) is 0 Å². The number of nitrogens with two attached hydrogens (primary N) is 3. The van der Waals surface area contributed by atoms with E-state index in [-0.39, 0.29) is 32.1 Å². The van der Waals surface area contributed by atoms with Gasteiger partial charge in [0.05, 0.1) is 12.4 Å². The zero-order valence-electron chi connectivity index (χ0n) is 17.7. The molecule has 0 saturated heterocycles. The van der Waals surface area contributed by atoms with E-state index in [1.54, 1.807) is 0 Å². The van der Waals surface area contributed by atoms with Crippen LogP contribution in [0.15, 0.2) is 12.5 Å². The first kappa shape index (κ1) is 27.0. The summed E-state index contributed by atoms with van der Waals surface area (Å²) in [5.41, 5.74) is 16.7. The standard InChI is InChI=1S/C18H28N8O7/c19-10(5-9-6-22-8-24-9)16(31)25-12(2-4-14(21)28)18(33)26-11(1-3-13(20)27)17(32)23-7-15(29)30/h6,8,10-12H,1-5,7,19H2,(H2,20,27)(H2,21,28)(H,22,24)(H,23,32)(H,25,31)(H,26,33)(H,29,30). The molecule has 0 fully saturated rings. The van der Waals surface area contributed by atoms with Crippen LogP contribution in [-0.2, 0) is 35.2 Å². The maximum Gasteiger partial charge on any atom is 0.322 e. The molecule has 1 rings (SSSR count). The molecule has 3 unspecified atom stereocenters. The van der Waals surface area contributed by atoms with E-state index in [0.717, 1.165) is 0 Å². The monoisotopic (exact) mass is 468 g/mol. The number of primary amides is 2. The second kappa shape index (κ2) is 13.4.